The largest absolute Gasteiger partial charge is 0.432 e. The SMILES string of the molecule is C[C@H]1[C@H]([Si](C)(C)O)[C@@H](CC(=O)N(CCO)Cc2ccccc2)O[C@]12C(=O)N(C)c1ccc(N3C(=O)c4cccc5cccc3c45)cc12. The highest BCUT2D eigenvalue weighted by Crippen LogP contribution is 2.60. The fourth-order valence-electron chi connectivity index (χ4n) is 8.20. The Morgan fingerprint density at radius 1 is 0.979 bits per heavy atom. The van der Waals surface area contributed by atoms with E-state index in [-0.39, 0.29) is 37.3 Å². The first-order valence-electron chi connectivity index (χ1n) is 16.1. The molecule has 3 heterocycles. The van der Waals surface area contributed by atoms with Crippen LogP contribution in [0.3, 0.4) is 0 Å². The molecule has 7 rings (SSSR count). The van der Waals surface area contributed by atoms with Gasteiger partial charge in [0, 0.05) is 48.2 Å². The molecule has 0 aliphatic carbocycles. The fourth-order valence-corrected chi connectivity index (χ4v) is 10.8. The number of nitrogens with zero attached hydrogens (tertiary/aromatic N) is 3. The molecule has 4 aromatic rings. The minimum atomic E-state index is -3.02. The topological polar surface area (TPSA) is 111 Å². The van der Waals surface area contributed by atoms with Gasteiger partial charge in [0.25, 0.3) is 11.8 Å². The summed E-state index contributed by atoms with van der Waals surface area (Å²) in [7, 11) is -1.31. The molecule has 10 heteroatoms. The summed E-state index contributed by atoms with van der Waals surface area (Å²) in [6.45, 7) is 5.86. The van der Waals surface area contributed by atoms with Gasteiger partial charge in [-0.2, -0.15) is 0 Å². The van der Waals surface area contributed by atoms with Crippen LogP contribution >= 0.6 is 0 Å². The van der Waals surface area contributed by atoms with Gasteiger partial charge in [-0.15, -0.1) is 0 Å². The fraction of sp³-hybridized carbons (Fsp3) is 0.324. The van der Waals surface area contributed by atoms with Crippen molar-refractivity contribution in [3.8, 4) is 0 Å². The second kappa shape index (κ2) is 11.4. The Balaban J connectivity index is 1.27. The zero-order chi connectivity index (χ0) is 33.2. The first-order valence-corrected chi connectivity index (χ1v) is 19.1. The molecule has 3 aliphatic rings. The molecule has 0 bridgehead atoms. The van der Waals surface area contributed by atoms with Crippen molar-refractivity contribution in [3.05, 3.63) is 102 Å². The number of ether oxygens (including phenoxy) is 1. The maximum absolute atomic E-state index is 14.3. The highest BCUT2D eigenvalue weighted by molar-refractivity contribution is 6.71. The average Bonchev–Trinajstić information content (AvgIpc) is 3.59. The first-order chi connectivity index (χ1) is 22.5. The zero-order valence-corrected chi connectivity index (χ0v) is 28.0. The molecule has 4 aromatic carbocycles. The Kier molecular flexibility index (Phi) is 7.59. The first kappa shape index (κ1) is 31.3. The van der Waals surface area contributed by atoms with Gasteiger partial charge in [0.2, 0.25) is 5.91 Å². The van der Waals surface area contributed by atoms with Crippen LogP contribution in [0.15, 0.2) is 84.9 Å². The second-order valence-electron chi connectivity index (χ2n) is 13.5. The molecule has 0 aromatic heterocycles. The average molecular weight is 650 g/mol. The van der Waals surface area contributed by atoms with Gasteiger partial charge in [-0.3, -0.25) is 19.3 Å². The quantitative estimate of drug-likeness (QED) is 0.250. The number of benzene rings is 4. The van der Waals surface area contributed by atoms with Crippen molar-refractivity contribution in [2.24, 2.45) is 5.92 Å². The summed E-state index contributed by atoms with van der Waals surface area (Å²) < 4.78 is 6.85. The van der Waals surface area contributed by atoms with E-state index < -0.39 is 31.5 Å². The molecular formula is C37H39N3O6Si. The van der Waals surface area contributed by atoms with Crippen LogP contribution < -0.4 is 9.80 Å². The third-order valence-corrected chi connectivity index (χ3v) is 12.7. The van der Waals surface area contributed by atoms with Crippen molar-refractivity contribution in [3.63, 3.8) is 0 Å². The summed E-state index contributed by atoms with van der Waals surface area (Å²) in [4.78, 5) is 58.5. The normalized spacial score (nSPS) is 23.3. The van der Waals surface area contributed by atoms with E-state index in [0.29, 0.717) is 29.0 Å². The lowest BCUT2D eigenvalue weighted by Gasteiger charge is -2.32. The standard InChI is InChI=1S/C37H39N3O6Si/c1-23-34(47(3,4)45)31(21-32(42)39(18-19-41)22-24-10-6-5-7-11-24)46-37(23)28-20-26(16-17-29(28)38(2)36(37)44)40-30-15-9-13-25-12-8-14-27(33(25)30)35(40)43/h5-17,20,23,31,34,41,45H,18-19,21-22H2,1-4H3/t23-,31+,34-,37+/m0/s1. The van der Waals surface area contributed by atoms with Crippen LogP contribution in [0, 0.1) is 5.92 Å². The second-order valence-corrected chi connectivity index (χ2v) is 17.4. The molecule has 1 fully saturated rings. The molecule has 47 heavy (non-hydrogen) atoms. The van der Waals surface area contributed by atoms with Gasteiger partial charge in [-0.1, -0.05) is 61.5 Å². The van der Waals surface area contributed by atoms with Gasteiger partial charge in [-0.25, -0.2) is 0 Å². The summed E-state index contributed by atoms with van der Waals surface area (Å²) >= 11 is 0. The number of carbonyl (C=O) groups is 3. The van der Waals surface area contributed by atoms with Gasteiger partial charge >= 0.3 is 0 Å². The molecule has 2 N–H and O–H groups in total. The Morgan fingerprint density at radius 3 is 2.40 bits per heavy atom. The number of anilines is 3. The molecule has 3 amide bonds. The maximum atomic E-state index is 14.3. The third-order valence-electron chi connectivity index (χ3n) is 10.2. The molecule has 1 spiro atoms. The zero-order valence-electron chi connectivity index (χ0n) is 27.0. The van der Waals surface area contributed by atoms with Crippen molar-refractivity contribution in [1.82, 2.24) is 4.90 Å². The molecule has 3 aliphatic heterocycles. The Morgan fingerprint density at radius 2 is 1.70 bits per heavy atom. The number of rotatable bonds is 8. The summed E-state index contributed by atoms with van der Waals surface area (Å²) in [6.07, 6.45) is -0.784. The molecule has 0 saturated carbocycles. The van der Waals surface area contributed by atoms with Crippen LogP contribution in [0.25, 0.3) is 10.8 Å². The van der Waals surface area contributed by atoms with Crippen LogP contribution in [0.4, 0.5) is 17.1 Å². The third kappa shape index (κ3) is 4.81. The number of carbonyl (C=O) groups excluding carboxylic acids is 3. The number of amides is 3. The van der Waals surface area contributed by atoms with Crippen LogP contribution in [0.2, 0.25) is 18.6 Å². The number of aliphatic hydroxyl groups excluding tert-OH is 1. The Hall–Kier alpha value is -4.35. The number of hydrogen-bond acceptors (Lipinski definition) is 6. The summed E-state index contributed by atoms with van der Waals surface area (Å²) in [5.74, 6) is -1.09. The van der Waals surface area contributed by atoms with Crippen LogP contribution in [0.5, 0.6) is 0 Å². The van der Waals surface area contributed by atoms with Gasteiger partial charge in [0.1, 0.15) is 0 Å². The van der Waals surface area contributed by atoms with Crippen molar-refractivity contribution in [2.75, 3.05) is 30.0 Å². The van der Waals surface area contributed by atoms with E-state index in [1.54, 1.807) is 21.7 Å². The Bertz CT molecular complexity index is 1900. The smallest absolute Gasteiger partial charge is 0.264 e. The maximum Gasteiger partial charge on any atom is 0.264 e. The minimum Gasteiger partial charge on any atom is -0.432 e. The van der Waals surface area contributed by atoms with Gasteiger partial charge < -0.3 is 24.4 Å². The highest BCUT2D eigenvalue weighted by atomic mass is 28.4. The molecule has 242 valence electrons. The van der Waals surface area contributed by atoms with Crippen LogP contribution in [-0.4, -0.2) is 67.1 Å². The number of aliphatic hydroxyl groups is 1. The van der Waals surface area contributed by atoms with Crippen LogP contribution in [-0.2, 0) is 26.5 Å². The molecule has 0 radical (unpaired) electrons. The number of fused-ring (bicyclic) bond motifs is 2. The van der Waals surface area contributed by atoms with Crippen LogP contribution in [0.1, 0.15) is 34.8 Å². The van der Waals surface area contributed by atoms with E-state index in [2.05, 4.69) is 0 Å². The van der Waals surface area contributed by atoms with Gasteiger partial charge in [0.05, 0.1) is 36.1 Å². The molecule has 1 saturated heterocycles. The molecular weight excluding hydrogens is 611 g/mol. The number of likely N-dealkylation sites (N-methyl/N-ethyl adjacent to an activating group) is 1. The van der Waals surface area contributed by atoms with Crippen molar-refractivity contribution in [1.29, 1.82) is 0 Å². The Labute approximate surface area is 275 Å². The van der Waals surface area contributed by atoms with E-state index in [4.69, 9.17) is 4.74 Å². The van der Waals surface area contributed by atoms with Crippen molar-refractivity contribution in [2.45, 2.75) is 50.2 Å². The van der Waals surface area contributed by atoms with E-state index in [1.807, 2.05) is 105 Å². The van der Waals surface area contributed by atoms with Gasteiger partial charge in [-0.05, 0) is 54.4 Å². The number of hydrogen-bond donors (Lipinski definition) is 2. The lowest BCUT2D eigenvalue weighted by molar-refractivity contribution is -0.149. The lowest BCUT2D eigenvalue weighted by atomic mass is 9.82. The summed E-state index contributed by atoms with van der Waals surface area (Å²) in [5, 5.41) is 11.7. The van der Waals surface area contributed by atoms with Gasteiger partial charge in [0.15, 0.2) is 13.9 Å². The predicted molar refractivity (Wildman–Crippen MR) is 183 cm³/mol. The lowest BCUT2D eigenvalue weighted by Crippen LogP contribution is -2.45. The molecule has 0 unspecified atom stereocenters. The highest BCUT2D eigenvalue weighted by Gasteiger charge is 2.66. The van der Waals surface area contributed by atoms with E-state index in [9.17, 15) is 24.3 Å². The minimum absolute atomic E-state index is 0.0471. The van der Waals surface area contributed by atoms with Crippen molar-refractivity contribution < 1.29 is 29.0 Å². The van der Waals surface area contributed by atoms with E-state index >= 15 is 0 Å². The molecule has 9 nitrogen and oxygen atoms in total. The summed E-state index contributed by atoms with van der Waals surface area (Å²) in [6, 6.07) is 26.7. The van der Waals surface area contributed by atoms with Crippen molar-refractivity contribution >= 4 is 53.9 Å². The van der Waals surface area contributed by atoms with E-state index in [1.165, 1.54) is 0 Å². The molecule has 4 atom stereocenters. The predicted octanol–water partition coefficient (Wildman–Crippen LogP) is 5.32. The summed E-state index contributed by atoms with van der Waals surface area (Å²) in [5.41, 5.74) is 2.35. The monoisotopic (exact) mass is 649 g/mol. The van der Waals surface area contributed by atoms with E-state index in [0.717, 1.165) is 22.0 Å².